The van der Waals surface area contributed by atoms with Crippen molar-refractivity contribution in [2.24, 2.45) is 9.98 Å². The number of para-hydroxylation sites is 2. The summed E-state index contributed by atoms with van der Waals surface area (Å²) < 4.78 is 28.0. The normalized spacial score (nSPS) is 25.9. The lowest BCUT2D eigenvalue weighted by atomic mass is 9.99. The second-order valence-electron chi connectivity index (χ2n) is 10.5. The molecule has 46 heavy (non-hydrogen) atoms. The fourth-order valence-corrected chi connectivity index (χ4v) is 6.41. The van der Waals surface area contributed by atoms with E-state index in [-0.39, 0.29) is 23.4 Å². The summed E-state index contributed by atoms with van der Waals surface area (Å²) in [6.07, 6.45) is -1.70. The van der Waals surface area contributed by atoms with Crippen molar-refractivity contribution in [3.05, 3.63) is 71.9 Å². The molecular formula is C32H31N3O10S. The second-order valence-corrected chi connectivity index (χ2v) is 11.5. The van der Waals surface area contributed by atoms with Gasteiger partial charge in [-0.05, 0) is 29.8 Å². The van der Waals surface area contributed by atoms with Gasteiger partial charge in [0.2, 0.25) is 0 Å². The molecule has 2 aromatic rings. The summed E-state index contributed by atoms with van der Waals surface area (Å²) in [6, 6.07) is 16.4. The summed E-state index contributed by atoms with van der Waals surface area (Å²) in [7, 11) is 0. The van der Waals surface area contributed by atoms with Crippen LogP contribution in [0.25, 0.3) is 0 Å². The average molecular weight is 650 g/mol. The molecule has 1 amide bonds. The Morgan fingerprint density at radius 3 is 2.15 bits per heavy atom. The largest absolute Gasteiger partial charge is 0.463 e. The van der Waals surface area contributed by atoms with E-state index in [1.54, 1.807) is 42.6 Å². The zero-order valence-electron chi connectivity index (χ0n) is 25.4. The molecule has 0 aromatic heterocycles. The first-order valence-corrected chi connectivity index (χ1v) is 15.2. The molecule has 3 aliphatic rings. The average Bonchev–Trinajstić information content (AvgIpc) is 3.55. The molecule has 0 saturated carbocycles. The number of aliphatic imine (C=N–C) groups is 2. The van der Waals surface area contributed by atoms with Gasteiger partial charge in [0.25, 0.3) is 5.91 Å². The predicted molar refractivity (Wildman–Crippen MR) is 166 cm³/mol. The number of allylic oxidation sites excluding steroid dienone is 1. The number of hydrogen-bond donors (Lipinski definition) is 0. The minimum atomic E-state index is -1.36. The topological polar surface area (TPSA) is 159 Å². The summed E-state index contributed by atoms with van der Waals surface area (Å²) in [6.45, 7) is 4.26. The Labute approximate surface area is 268 Å². The molecule has 0 aliphatic carbocycles. The van der Waals surface area contributed by atoms with E-state index in [4.69, 9.17) is 23.7 Å². The Bertz CT molecular complexity index is 1620. The van der Waals surface area contributed by atoms with Crippen molar-refractivity contribution >= 4 is 64.3 Å². The van der Waals surface area contributed by atoms with E-state index in [9.17, 15) is 24.0 Å². The van der Waals surface area contributed by atoms with Crippen molar-refractivity contribution in [3.63, 3.8) is 0 Å². The Balaban J connectivity index is 1.55. The number of amides is 1. The van der Waals surface area contributed by atoms with E-state index >= 15 is 0 Å². The molecule has 0 radical (unpaired) electrons. The predicted octanol–water partition coefficient (Wildman–Crippen LogP) is 3.59. The fraction of sp³-hybridized carbons (Fsp3) is 0.344. The van der Waals surface area contributed by atoms with Crippen molar-refractivity contribution in [2.75, 3.05) is 11.5 Å². The molecule has 2 aromatic carbocycles. The van der Waals surface area contributed by atoms with Crippen LogP contribution in [0.3, 0.4) is 0 Å². The van der Waals surface area contributed by atoms with Gasteiger partial charge in [0.05, 0.1) is 11.4 Å². The van der Waals surface area contributed by atoms with Crippen LogP contribution < -0.4 is 4.90 Å². The number of fused-ring (bicyclic) bond motifs is 1. The lowest BCUT2D eigenvalue weighted by molar-refractivity contribution is -0.237. The van der Waals surface area contributed by atoms with Crippen LogP contribution in [0.15, 0.2) is 76.4 Å². The number of anilines is 1. The minimum Gasteiger partial charge on any atom is -0.463 e. The molecule has 1 fully saturated rings. The van der Waals surface area contributed by atoms with Crippen LogP contribution >= 0.6 is 11.8 Å². The third-order valence-corrected chi connectivity index (χ3v) is 8.12. The van der Waals surface area contributed by atoms with Crippen molar-refractivity contribution in [1.82, 2.24) is 0 Å². The van der Waals surface area contributed by atoms with Gasteiger partial charge in [0.15, 0.2) is 28.9 Å². The number of amidine groups is 1. The lowest BCUT2D eigenvalue weighted by Crippen LogP contribution is -2.61. The van der Waals surface area contributed by atoms with Gasteiger partial charge < -0.3 is 23.7 Å². The van der Waals surface area contributed by atoms with Gasteiger partial charge in [-0.1, -0.05) is 48.2 Å². The number of hydrogen-bond acceptors (Lipinski definition) is 13. The van der Waals surface area contributed by atoms with E-state index in [0.29, 0.717) is 5.69 Å². The van der Waals surface area contributed by atoms with E-state index < -0.39 is 59.6 Å². The van der Waals surface area contributed by atoms with Gasteiger partial charge >= 0.3 is 23.9 Å². The van der Waals surface area contributed by atoms with E-state index in [0.717, 1.165) is 43.8 Å². The third-order valence-electron chi connectivity index (χ3n) is 7.02. The highest BCUT2D eigenvalue weighted by molar-refractivity contribution is 8.14. The van der Waals surface area contributed by atoms with Crippen molar-refractivity contribution < 1.29 is 47.7 Å². The molecule has 240 valence electrons. The van der Waals surface area contributed by atoms with Crippen molar-refractivity contribution in [3.8, 4) is 0 Å². The number of ether oxygens (including phenoxy) is 5. The maximum atomic E-state index is 13.9. The van der Waals surface area contributed by atoms with Crippen molar-refractivity contribution in [2.45, 2.75) is 63.5 Å². The Morgan fingerprint density at radius 1 is 0.848 bits per heavy atom. The quantitative estimate of drug-likeness (QED) is 0.234. The number of carbonyl (C=O) groups excluding carboxylic acids is 5. The molecule has 13 nitrogen and oxygen atoms in total. The Hall–Kier alpha value is -4.82. The van der Waals surface area contributed by atoms with Crippen LogP contribution in [0.2, 0.25) is 0 Å². The first kappa shape index (κ1) is 32.6. The van der Waals surface area contributed by atoms with Crippen LogP contribution in [-0.2, 0) is 47.7 Å². The molecule has 1 unspecified atom stereocenters. The third kappa shape index (κ3) is 7.35. The van der Waals surface area contributed by atoms with Crippen LogP contribution in [0.5, 0.6) is 0 Å². The highest BCUT2D eigenvalue weighted by atomic mass is 32.2. The zero-order chi connectivity index (χ0) is 33.0. The first-order chi connectivity index (χ1) is 22.0. The summed E-state index contributed by atoms with van der Waals surface area (Å²) in [5, 5.41) is 0.173. The number of benzene rings is 2. The number of carbonyl (C=O) groups is 5. The zero-order valence-corrected chi connectivity index (χ0v) is 26.2. The molecule has 6 atom stereocenters. The standard InChI is InChI=1S/C32H31N3O10S/c1-17(36)41-16-26-27(42-18(2)37)28(43-19(3)38)29(44-20(4)39)31(45-26)46-32-34-25(30(40)35(32)22-10-6-5-7-11-22)14-21-15-33-24-13-9-8-12-23(21)24/h5-15,21,26-29,31H,16H2,1-4H3/b25-14+/t21?,26-,27+,28+,29-,31+/m1/s1. The van der Waals surface area contributed by atoms with Gasteiger partial charge in [0.1, 0.15) is 18.4 Å². The van der Waals surface area contributed by atoms with E-state index in [2.05, 4.69) is 9.98 Å². The van der Waals surface area contributed by atoms with Gasteiger partial charge in [0, 0.05) is 39.8 Å². The van der Waals surface area contributed by atoms with Gasteiger partial charge in [-0.25, -0.2) is 4.99 Å². The Morgan fingerprint density at radius 2 is 1.48 bits per heavy atom. The number of thioether (sulfide) groups is 1. The van der Waals surface area contributed by atoms with Crippen LogP contribution in [0.1, 0.15) is 39.2 Å². The number of nitrogens with zero attached hydrogens (tertiary/aromatic N) is 3. The molecule has 3 heterocycles. The highest BCUT2D eigenvalue weighted by Gasteiger charge is 2.53. The lowest BCUT2D eigenvalue weighted by Gasteiger charge is -2.44. The number of esters is 4. The smallest absolute Gasteiger partial charge is 0.303 e. The highest BCUT2D eigenvalue weighted by Crippen LogP contribution is 2.40. The second kappa shape index (κ2) is 14.1. The number of rotatable bonds is 8. The minimum absolute atomic E-state index is 0.144. The summed E-state index contributed by atoms with van der Waals surface area (Å²) in [5.41, 5.74) is 1.20. The van der Waals surface area contributed by atoms with E-state index in [1.807, 2.05) is 24.3 Å². The molecule has 3 aliphatic heterocycles. The summed E-state index contributed by atoms with van der Waals surface area (Å²) in [4.78, 5) is 72.8. The monoisotopic (exact) mass is 649 g/mol. The molecule has 14 heteroatoms. The fourth-order valence-electron chi connectivity index (χ4n) is 5.21. The SMILES string of the molecule is CC(=O)OC[C@H]1O[C@@H](SC2=N/C(=C/C3C=Nc4ccccc43)C(=O)N2c2ccccc2)[C@H](OC(C)=O)[C@@H](OC(C)=O)[C@H]1OC(C)=O. The summed E-state index contributed by atoms with van der Waals surface area (Å²) in [5.74, 6) is -3.57. The maximum absolute atomic E-state index is 13.9. The summed E-state index contributed by atoms with van der Waals surface area (Å²) >= 11 is 0.931. The van der Waals surface area contributed by atoms with Crippen LogP contribution in [0, 0.1) is 0 Å². The maximum Gasteiger partial charge on any atom is 0.303 e. The van der Waals surface area contributed by atoms with Crippen molar-refractivity contribution in [1.29, 1.82) is 0 Å². The molecular weight excluding hydrogens is 618 g/mol. The van der Waals surface area contributed by atoms with Gasteiger partial charge in [-0.15, -0.1) is 0 Å². The molecule has 0 spiro atoms. The Kier molecular flexibility index (Phi) is 9.97. The van der Waals surface area contributed by atoms with Crippen LogP contribution in [0.4, 0.5) is 11.4 Å². The molecule has 0 bridgehead atoms. The first-order valence-electron chi connectivity index (χ1n) is 14.3. The molecule has 0 N–H and O–H groups in total. The van der Waals surface area contributed by atoms with E-state index in [1.165, 1.54) is 11.8 Å². The van der Waals surface area contributed by atoms with Crippen LogP contribution in [-0.4, -0.2) is 77.6 Å². The molecule has 1 saturated heterocycles. The molecule has 5 rings (SSSR count). The van der Waals surface area contributed by atoms with Gasteiger partial charge in [-0.2, -0.15) is 0 Å². The van der Waals surface area contributed by atoms with Gasteiger partial charge in [-0.3, -0.25) is 33.9 Å².